The van der Waals surface area contributed by atoms with Crippen molar-refractivity contribution in [2.75, 3.05) is 12.4 Å². The second-order valence-electron chi connectivity index (χ2n) is 7.51. The van der Waals surface area contributed by atoms with Gasteiger partial charge in [-0.3, -0.25) is 4.98 Å². The Hall–Kier alpha value is -3.85. The molecular weight excluding hydrogens is 528 g/mol. The van der Waals surface area contributed by atoms with Crippen molar-refractivity contribution in [1.82, 2.24) is 19.9 Å². The molecule has 0 aliphatic rings. The Labute approximate surface area is 205 Å². The fraction of sp³-hybridized carbons (Fsp3) is 0.182. The summed E-state index contributed by atoms with van der Waals surface area (Å²) < 4.78 is 107. The van der Waals surface area contributed by atoms with E-state index in [0.29, 0.717) is 11.5 Å². The van der Waals surface area contributed by atoms with E-state index in [1.807, 2.05) is 0 Å². The van der Waals surface area contributed by atoms with E-state index in [-0.39, 0.29) is 40.7 Å². The van der Waals surface area contributed by atoms with Crippen LogP contribution in [0.15, 0.2) is 59.9 Å². The maximum Gasteiger partial charge on any atom is 0.503 e. The lowest BCUT2D eigenvalue weighted by Crippen LogP contribution is -2.24. The van der Waals surface area contributed by atoms with Gasteiger partial charge in [0, 0.05) is 24.3 Å². The van der Waals surface area contributed by atoms with Crippen LogP contribution in [-0.4, -0.2) is 41.0 Å². The fourth-order valence-corrected chi connectivity index (χ4v) is 4.02. The molecule has 0 aliphatic carbocycles. The number of sulfone groups is 1. The topological polar surface area (TPSA) is 107 Å². The zero-order chi connectivity index (χ0) is 27.0. The number of alkyl halides is 6. The molecule has 0 bridgehead atoms. The number of fused-ring (bicyclic) bond motifs is 1. The molecule has 194 valence electrons. The standard InChI is InChI=1S/C22H15F6N5O3S/c1-36-11-17-32-16-9-12(19-15(21(23,24)25)3-2-8-29-19)4-6-14(16)20(33-17)31-13-5-7-18(30-10-13)37(34,35)22(26,27)28/h2-10H,11H2,1H3,(H,31,32,33). The van der Waals surface area contributed by atoms with Crippen molar-refractivity contribution in [3.63, 3.8) is 0 Å². The molecule has 1 N–H and O–H groups in total. The number of anilines is 2. The van der Waals surface area contributed by atoms with Crippen LogP contribution in [-0.2, 0) is 27.4 Å². The van der Waals surface area contributed by atoms with Crippen LogP contribution in [0.1, 0.15) is 11.4 Å². The molecule has 0 spiro atoms. The van der Waals surface area contributed by atoms with Gasteiger partial charge in [0.1, 0.15) is 12.4 Å². The van der Waals surface area contributed by atoms with Crippen LogP contribution in [0.2, 0.25) is 0 Å². The molecule has 0 unspecified atom stereocenters. The number of nitrogens with zero attached hydrogens (tertiary/aromatic N) is 4. The van der Waals surface area contributed by atoms with Crippen LogP contribution < -0.4 is 5.32 Å². The molecule has 4 aromatic rings. The maximum atomic E-state index is 13.5. The summed E-state index contributed by atoms with van der Waals surface area (Å²) in [4.78, 5) is 15.9. The largest absolute Gasteiger partial charge is 0.503 e. The lowest BCUT2D eigenvalue weighted by molar-refractivity contribution is -0.137. The number of aromatic nitrogens is 4. The van der Waals surface area contributed by atoms with E-state index in [1.54, 1.807) is 0 Å². The van der Waals surface area contributed by atoms with Crippen LogP contribution in [0.4, 0.5) is 37.8 Å². The highest BCUT2D eigenvalue weighted by Crippen LogP contribution is 2.37. The molecule has 0 atom stereocenters. The van der Waals surface area contributed by atoms with E-state index in [4.69, 9.17) is 4.74 Å². The lowest BCUT2D eigenvalue weighted by atomic mass is 10.0. The highest BCUT2D eigenvalue weighted by atomic mass is 32.2. The SMILES string of the molecule is COCc1nc(Nc2ccc(S(=O)(=O)C(F)(F)F)nc2)c2ccc(-c3ncccc3C(F)(F)F)cc2n1. The Morgan fingerprint density at radius 3 is 2.35 bits per heavy atom. The van der Waals surface area contributed by atoms with E-state index < -0.39 is 32.1 Å². The van der Waals surface area contributed by atoms with Crippen LogP contribution in [0.5, 0.6) is 0 Å². The second kappa shape index (κ2) is 9.55. The summed E-state index contributed by atoms with van der Waals surface area (Å²) in [6.45, 7) is -0.0623. The van der Waals surface area contributed by atoms with Gasteiger partial charge in [0.05, 0.1) is 28.7 Å². The lowest BCUT2D eigenvalue weighted by Gasteiger charge is -2.14. The summed E-state index contributed by atoms with van der Waals surface area (Å²) in [6.07, 6.45) is -2.54. The van der Waals surface area contributed by atoms with Gasteiger partial charge in [-0.1, -0.05) is 6.07 Å². The fourth-order valence-electron chi connectivity index (χ4n) is 3.35. The molecule has 0 aliphatic heterocycles. The number of halogens is 6. The Morgan fingerprint density at radius 1 is 0.973 bits per heavy atom. The summed E-state index contributed by atoms with van der Waals surface area (Å²) in [7, 11) is -4.25. The van der Waals surface area contributed by atoms with Crippen LogP contribution in [0.3, 0.4) is 0 Å². The Morgan fingerprint density at radius 2 is 1.73 bits per heavy atom. The first-order valence-corrected chi connectivity index (χ1v) is 11.7. The van der Waals surface area contributed by atoms with Gasteiger partial charge in [0.2, 0.25) is 0 Å². The number of hydrogen-bond acceptors (Lipinski definition) is 8. The summed E-state index contributed by atoms with van der Waals surface area (Å²) in [6, 6.07) is 8.06. The predicted molar refractivity (Wildman–Crippen MR) is 119 cm³/mol. The molecule has 8 nitrogen and oxygen atoms in total. The average molecular weight is 543 g/mol. The molecule has 0 radical (unpaired) electrons. The molecule has 0 fully saturated rings. The molecule has 37 heavy (non-hydrogen) atoms. The highest BCUT2D eigenvalue weighted by molar-refractivity contribution is 7.92. The second-order valence-corrected chi connectivity index (χ2v) is 9.40. The van der Waals surface area contributed by atoms with Crippen molar-refractivity contribution in [3.05, 3.63) is 66.2 Å². The Balaban J connectivity index is 1.77. The van der Waals surface area contributed by atoms with E-state index in [0.717, 1.165) is 18.3 Å². The van der Waals surface area contributed by atoms with Gasteiger partial charge in [-0.15, -0.1) is 0 Å². The van der Waals surface area contributed by atoms with Gasteiger partial charge in [0.15, 0.2) is 10.9 Å². The van der Waals surface area contributed by atoms with Gasteiger partial charge in [0.25, 0.3) is 9.84 Å². The molecule has 3 aromatic heterocycles. The van der Waals surface area contributed by atoms with Crippen molar-refractivity contribution in [3.8, 4) is 11.3 Å². The number of rotatable bonds is 6. The van der Waals surface area contributed by atoms with Crippen molar-refractivity contribution < 1.29 is 39.5 Å². The van der Waals surface area contributed by atoms with E-state index >= 15 is 0 Å². The van der Waals surface area contributed by atoms with E-state index in [9.17, 15) is 34.8 Å². The minimum absolute atomic E-state index is 0.0623. The van der Waals surface area contributed by atoms with E-state index in [1.165, 1.54) is 37.6 Å². The summed E-state index contributed by atoms with van der Waals surface area (Å²) in [5.74, 6) is 0.282. The summed E-state index contributed by atoms with van der Waals surface area (Å²) in [5, 5.41) is 1.98. The smallest absolute Gasteiger partial charge is 0.377 e. The number of ether oxygens (including phenoxy) is 1. The quantitative estimate of drug-likeness (QED) is 0.327. The normalized spacial score (nSPS) is 12.6. The predicted octanol–water partition coefficient (Wildman–Crippen LogP) is 5.29. The van der Waals surface area contributed by atoms with Crippen LogP contribution >= 0.6 is 0 Å². The van der Waals surface area contributed by atoms with Crippen LogP contribution in [0.25, 0.3) is 22.2 Å². The molecule has 4 rings (SSSR count). The summed E-state index contributed by atoms with van der Waals surface area (Å²) in [5.41, 5.74) is -6.29. The molecule has 3 heterocycles. The van der Waals surface area contributed by atoms with Gasteiger partial charge in [-0.25, -0.2) is 23.4 Å². The molecular formula is C22H15F6N5O3S. The van der Waals surface area contributed by atoms with Crippen LogP contribution in [0, 0.1) is 0 Å². The number of hydrogen-bond donors (Lipinski definition) is 1. The molecule has 0 amide bonds. The third kappa shape index (κ3) is 5.32. The Bertz CT molecular complexity index is 1560. The van der Waals surface area contributed by atoms with Crippen molar-refractivity contribution in [2.45, 2.75) is 23.3 Å². The molecule has 1 aromatic carbocycles. The maximum absolute atomic E-state index is 13.5. The first-order valence-electron chi connectivity index (χ1n) is 10.2. The van der Waals surface area contributed by atoms with Crippen molar-refractivity contribution in [1.29, 1.82) is 0 Å². The first-order chi connectivity index (χ1) is 17.3. The minimum Gasteiger partial charge on any atom is -0.377 e. The molecule has 15 heteroatoms. The number of methoxy groups -OCH3 is 1. The molecule has 0 saturated carbocycles. The van der Waals surface area contributed by atoms with Crippen molar-refractivity contribution >= 4 is 32.2 Å². The number of pyridine rings is 2. The highest BCUT2D eigenvalue weighted by Gasteiger charge is 2.47. The van der Waals surface area contributed by atoms with Gasteiger partial charge in [-0.05, 0) is 36.4 Å². The zero-order valence-electron chi connectivity index (χ0n) is 18.6. The molecule has 0 saturated heterocycles. The zero-order valence-corrected chi connectivity index (χ0v) is 19.4. The van der Waals surface area contributed by atoms with Gasteiger partial charge < -0.3 is 10.1 Å². The first kappa shape index (κ1) is 26.2. The Kier molecular flexibility index (Phi) is 6.77. The monoisotopic (exact) mass is 543 g/mol. The summed E-state index contributed by atoms with van der Waals surface area (Å²) >= 11 is 0. The minimum atomic E-state index is -5.63. The average Bonchev–Trinajstić information content (AvgIpc) is 2.83. The van der Waals surface area contributed by atoms with Gasteiger partial charge >= 0.3 is 11.7 Å². The third-order valence-corrected chi connectivity index (χ3v) is 6.38. The van der Waals surface area contributed by atoms with Gasteiger partial charge in [-0.2, -0.15) is 26.3 Å². The van der Waals surface area contributed by atoms with Crippen molar-refractivity contribution in [2.24, 2.45) is 0 Å². The number of benzene rings is 1. The van der Waals surface area contributed by atoms with E-state index in [2.05, 4.69) is 25.3 Å². The third-order valence-electron chi connectivity index (χ3n) is 4.98. The number of nitrogens with one attached hydrogen (secondary N) is 1.